The van der Waals surface area contributed by atoms with E-state index < -0.39 is 5.54 Å². The van der Waals surface area contributed by atoms with Crippen molar-refractivity contribution < 1.29 is 9.59 Å². The first kappa shape index (κ1) is 17.2. The van der Waals surface area contributed by atoms with Crippen LogP contribution in [0.15, 0.2) is 48.5 Å². The quantitative estimate of drug-likeness (QED) is 0.799. The average molecular weight is 337 g/mol. The maximum atomic E-state index is 12.5. The summed E-state index contributed by atoms with van der Waals surface area (Å²) in [5, 5.41) is 5.83. The zero-order chi connectivity index (χ0) is 17.9. The van der Waals surface area contributed by atoms with Gasteiger partial charge in [0.05, 0.1) is 5.54 Å². The highest BCUT2D eigenvalue weighted by Gasteiger charge is 2.37. The average Bonchev–Trinajstić information content (AvgIpc) is 3.07. The van der Waals surface area contributed by atoms with Crippen molar-refractivity contribution in [3.8, 4) is 0 Å². The van der Waals surface area contributed by atoms with Gasteiger partial charge in [-0.05, 0) is 49.6 Å². The number of anilines is 2. The number of hydrogen-bond acceptors (Lipinski definition) is 3. The SMILES string of the molecule is Cc1c(NC(=O)c2ccccc2)cccc1NC(=O)C1(N)CCCC1. The summed E-state index contributed by atoms with van der Waals surface area (Å²) < 4.78 is 0. The number of rotatable bonds is 4. The van der Waals surface area contributed by atoms with Crippen LogP contribution in [-0.4, -0.2) is 17.4 Å². The molecule has 5 heteroatoms. The second-order valence-corrected chi connectivity index (χ2v) is 6.62. The summed E-state index contributed by atoms with van der Waals surface area (Å²) in [7, 11) is 0. The van der Waals surface area contributed by atoms with Crippen molar-refractivity contribution in [2.24, 2.45) is 5.73 Å². The fraction of sp³-hybridized carbons (Fsp3) is 0.300. The summed E-state index contributed by atoms with van der Waals surface area (Å²) in [5.74, 6) is -0.335. The van der Waals surface area contributed by atoms with Gasteiger partial charge in [0, 0.05) is 16.9 Å². The van der Waals surface area contributed by atoms with Crippen LogP contribution in [0.3, 0.4) is 0 Å². The van der Waals surface area contributed by atoms with Gasteiger partial charge in [-0.1, -0.05) is 37.1 Å². The van der Waals surface area contributed by atoms with Crippen LogP contribution in [0.2, 0.25) is 0 Å². The van der Waals surface area contributed by atoms with Gasteiger partial charge in [0.2, 0.25) is 5.91 Å². The molecule has 4 N–H and O–H groups in total. The molecule has 2 aromatic carbocycles. The first-order valence-corrected chi connectivity index (χ1v) is 8.56. The number of hydrogen-bond donors (Lipinski definition) is 3. The van der Waals surface area contributed by atoms with E-state index in [1.807, 2.05) is 37.3 Å². The summed E-state index contributed by atoms with van der Waals surface area (Å²) >= 11 is 0. The Bertz CT molecular complexity index is 781. The monoisotopic (exact) mass is 337 g/mol. The lowest BCUT2D eigenvalue weighted by atomic mass is 9.97. The molecule has 0 aromatic heterocycles. The fourth-order valence-electron chi connectivity index (χ4n) is 3.17. The standard InChI is InChI=1S/C20H23N3O2/c1-14-16(22-18(24)15-8-3-2-4-9-15)10-7-11-17(14)23-19(25)20(21)12-5-6-13-20/h2-4,7-11H,5-6,12-13,21H2,1H3,(H,22,24)(H,23,25). The Morgan fingerprint density at radius 3 is 2.16 bits per heavy atom. The molecule has 1 aliphatic rings. The Morgan fingerprint density at radius 2 is 1.52 bits per heavy atom. The van der Waals surface area contributed by atoms with Crippen LogP contribution >= 0.6 is 0 Å². The predicted molar refractivity (Wildman–Crippen MR) is 99.6 cm³/mol. The third-order valence-corrected chi connectivity index (χ3v) is 4.81. The van der Waals surface area contributed by atoms with Crippen LogP contribution in [0.25, 0.3) is 0 Å². The van der Waals surface area contributed by atoms with Gasteiger partial charge in [-0.15, -0.1) is 0 Å². The molecule has 1 aliphatic carbocycles. The van der Waals surface area contributed by atoms with Crippen LogP contribution in [0.1, 0.15) is 41.6 Å². The van der Waals surface area contributed by atoms with E-state index in [-0.39, 0.29) is 11.8 Å². The molecule has 2 amide bonds. The molecule has 0 saturated heterocycles. The van der Waals surface area contributed by atoms with E-state index in [1.54, 1.807) is 18.2 Å². The minimum Gasteiger partial charge on any atom is -0.324 e. The molecule has 0 radical (unpaired) electrons. The highest BCUT2D eigenvalue weighted by molar-refractivity contribution is 6.05. The highest BCUT2D eigenvalue weighted by atomic mass is 16.2. The van der Waals surface area contributed by atoms with E-state index in [9.17, 15) is 9.59 Å². The third-order valence-electron chi connectivity index (χ3n) is 4.81. The smallest absolute Gasteiger partial charge is 0.255 e. The van der Waals surface area contributed by atoms with E-state index in [2.05, 4.69) is 10.6 Å². The number of amides is 2. The zero-order valence-electron chi connectivity index (χ0n) is 14.3. The van der Waals surface area contributed by atoms with E-state index in [0.29, 0.717) is 29.8 Å². The summed E-state index contributed by atoms with van der Waals surface area (Å²) in [5.41, 5.74) is 8.17. The Balaban J connectivity index is 1.76. The first-order chi connectivity index (χ1) is 12.0. The number of carbonyl (C=O) groups excluding carboxylic acids is 2. The van der Waals surface area contributed by atoms with Crippen LogP contribution in [0, 0.1) is 6.92 Å². The third kappa shape index (κ3) is 3.72. The van der Waals surface area contributed by atoms with Gasteiger partial charge in [0.25, 0.3) is 5.91 Å². The maximum absolute atomic E-state index is 12.5. The molecule has 0 atom stereocenters. The van der Waals surface area contributed by atoms with Crippen molar-refractivity contribution in [2.75, 3.05) is 10.6 Å². The summed E-state index contributed by atoms with van der Waals surface area (Å²) in [6, 6.07) is 14.5. The van der Waals surface area contributed by atoms with Gasteiger partial charge in [-0.2, -0.15) is 0 Å². The van der Waals surface area contributed by atoms with Crippen molar-refractivity contribution >= 4 is 23.2 Å². The molecule has 5 nitrogen and oxygen atoms in total. The van der Waals surface area contributed by atoms with Crippen molar-refractivity contribution in [3.63, 3.8) is 0 Å². The lowest BCUT2D eigenvalue weighted by molar-refractivity contribution is -0.121. The number of nitrogens with two attached hydrogens (primary N) is 1. The molecule has 0 spiro atoms. The Hall–Kier alpha value is -2.66. The summed E-state index contributed by atoms with van der Waals surface area (Å²) in [4.78, 5) is 24.9. The predicted octanol–water partition coefficient (Wildman–Crippen LogP) is 3.46. The normalized spacial score (nSPS) is 15.6. The van der Waals surface area contributed by atoms with Gasteiger partial charge >= 0.3 is 0 Å². The van der Waals surface area contributed by atoms with Crippen LogP contribution in [0.5, 0.6) is 0 Å². The van der Waals surface area contributed by atoms with E-state index >= 15 is 0 Å². The zero-order valence-corrected chi connectivity index (χ0v) is 14.3. The molecule has 1 saturated carbocycles. The lowest BCUT2D eigenvalue weighted by Crippen LogP contribution is -2.48. The van der Waals surface area contributed by atoms with Crippen LogP contribution in [0.4, 0.5) is 11.4 Å². The van der Waals surface area contributed by atoms with E-state index in [1.165, 1.54) is 0 Å². The molecule has 0 unspecified atom stereocenters. The van der Waals surface area contributed by atoms with Crippen molar-refractivity contribution in [3.05, 3.63) is 59.7 Å². The molecular weight excluding hydrogens is 314 g/mol. The molecule has 0 bridgehead atoms. The summed E-state index contributed by atoms with van der Waals surface area (Å²) in [6.45, 7) is 1.87. The molecule has 0 aliphatic heterocycles. The molecule has 3 rings (SSSR count). The van der Waals surface area contributed by atoms with Crippen LogP contribution < -0.4 is 16.4 Å². The second-order valence-electron chi connectivity index (χ2n) is 6.62. The molecular formula is C20H23N3O2. The molecule has 25 heavy (non-hydrogen) atoms. The van der Waals surface area contributed by atoms with E-state index in [4.69, 9.17) is 5.73 Å². The number of nitrogens with one attached hydrogen (secondary N) is 2. The van der Waals surface area contributed by atoms with Gasteiger partial charge in [-0.3, -0.25) is 9.59 Å². The number of benzene rings is 2. The molecule has 2 aromatic rings. The summed E-state index contributed by atoms with van der Waals surface area (Å²) in [6.07, 6.45) is 3.39. The molecule has 130 valence electrons. The van der Waals surface area contributed by atoms with Crippen molar-refractivity contribution in [1.29, 1.82) is 0 Å². The fourth-order valence-corrected chi connectivity index (χ4v) is 3.17. The number of carbonyl (C=O) groups is 2. The first-order valence-electron chi connectivity index (χ1n) is 8.56. The van der Waals surface area contributed by atoms with Gasteiger partial charge in [0.15, 0.2) is 0 Å². The Kier molecular flexibility index (Phi) is 4.86. The van der Waals surface area contributed by atoms with Gasteiger partial charge in [-0.25, -0.2) is 0 Å². The minimum atomic E-state index is -0.782. The van der Waals surface area contributed by atoms with Gasteiger partial charge < -0.3 is 16.4 Å². The Morgan fingerprint density at radius 1 is 0.920 bits per heavy atom. The Labute approximate surface area is 147 Å². The van der Waals surface area contributed by atoms with E-state index in [0.717, 1.165) is 18.4 Å². The van der Waals surface area contributed by atoms with Gasteiger partial charge in [0.1, 0.15) is 0 Å². The lowest BCUT2D eigenvalue weighted by Gasteiger charge is -2.23. The second kappa shape index (κ2) is 7.07. The van der Waals surface area contributed by atoms with Crippen molar-refractivity contribution in [1.82, 2.24) is 0 Å². The highest BCUT2D eigenvalue weighted by Crippen LogP contribution is 2.30. The topological polar surface area (TPSA) is 84.2 Å². The molecule has 0 heterocycles. The molecule has 1 fully saturated rings. The minimum absolute atomic E-state index is 0.153. The maximum Gasteiger partial charge on any atom is 0.255 e. The largest absolute Gasteiger partial charge is 0.324 e. The van der Waals surface area contributed by atoms with Crippen molar-refractivity contribution in [2.45, 2.75) is 38.1 Å². The van der Waals surface area contributed by atoms with Crippen LogP contribution in [-0.2, 0) is 4.79 Å².